The van der Waals surface area contributed by atoms with E-state index >= 15 is 0 Å². The van der Waals surface area contributed by atoms with Gasteiger partial charge < -0.3 is 5.11 Å². The summed E-state index contributed by atoms with van der Waals surface area (Å²) in [6.45, 7) is 4.19. The SMILES string of the molecule is CCCCC=C(CCCC)C(=O)O.[Zn]. The smallest absolute Gasteiger partial charge is 0.331 e. The molecule has 2 nitrogen and oxygen atoms in total. The second kappa shape index (κ2) is 10.9. The van der Waals surface area contributed by atoms with Crippen molar-refractivity contribution >= 4 is 5.97 Å². The van der Waals surface area contributed by atoms with Crippen LogP contribution in [0.15, 0.2) is 11.6 Å². The minimum absolute atomic E-state index is 0. The summed E-state index contributed by atoms with van der Waals surface area (Å²) in [4.78, 5) is 10.7. The van der Waals surface area contributed by atoms with Crippen molar-refractivity contribution in [2.24, 2.45) is 0 Å². The Bertz CT molecular complexity index is 176. The molecule has 0 saturated heterocycles. The third kappa shape index (κ3) is 8.43. The van der Waals surface area contributed by atoms with Gasteiger partial charge in [0.2, 0.25) is 0 Å². The van der Waals surface area contributed by atoms with Crippen LogP contribution in [0, 0.1) is 0 Å². The molecule has 0 aliphatic heterocycles. The van der Waals surface area contributed by atoms with Crippen molar-refractivity contribution in [2.45, 2.75) is 52.4 Å². The predicted molar refractivity (Wildman–Crippen MR) is 54.8 cm³/mol. The van der Waals surface area contributed by atoms with Crippen LogP contribution in [0.2, 0.25) is 0 Å². The van der Waals surface area contributed by atoms with E-state index in [0.717, 1.165) is 38.5 Å². The third-order valence-corrected chi connectivity index (χ3v) is 2.02. The second-order valence-electron chi connectivity index (χ2n) is 3.28. The number of hydrogen-bond donors (Lipinski definition) is 1. The molecular formula is C11H20O2Zn. The monoisotopic (exact) mass is 248 g/mol. The van der Waals surface area contributed by atoms with Crippen LogP contribution in [0.1, 0.15) is 52.4 Å². The van der Waals surface area contributed by atoms with Gasteiger partial charge in [0.25, 0.3) is 0 Å². The molecule has 0 fully saturated rings. The van der Waals surface area contributed by atoms with E-state index in [-0.39, 0.29) is 19.5 Å². The van der Waals surface area contributed by atoms with Crippen molar-refractivity contribution in [1.82, 2.24) is 0 Å². The Balaban J connectivity index is 0. The first-order valence-corrected chi connectivity index (χ1v) is 5.14. The molecule has 3 heteroatoms. The normalized spacial score (nSPS) is 10.9. The standard InChI is InChI=1S/C11H20O2.Zn/c1-3-5-7-9-10(11(12)13)8-6-4-2;/h9H,3-8H2,1-2H3,(H,12,13);. The molecule has 78 valence electrons. The first kappa shape index (κ1) is 16.3. The zero-order valence-electron chi connectivity index (χ0n) is 9.38. The molecule has 0 spiro atoms. The fourth-order valence-electron chi connectivity index (χ4n) is 1.14. The number of rotatable bonds is 7. The van der Waals surface area contributed by atoms with Gasteiger partial charge in [-0.3, -0.25) is 0 Å². The predicted octanol–water partition coefficient (Wildman–Crippen LogP) is 3.38. The maximum Gasteiger partial charge on any atom is 0.331 e. The second-order valence-corrected chi connectivity index (χ2v) is 3.28. The summed E-state index contributed by atoms with van der Waals surface area (Å²) < 4.78 is 0. The van der Waals surface area contributed by atoms with Crippen LogP contribution < -0.4 is 0 Å². The molecule has 0 aliphatic rings. The van der Waals surface area contributed by atoms with Crippen molar-refractivity contribution in [1.29, 1.82) is 0 Å². The molecule has 14 heavy (non-hydrogen) atoms. The molecule has 0 heterocycles. The number of unbranched alkanes of at least 4 members (excludes halogenated alkanes) is 3. The number of aliphatic carboxylic acids is 1. The first-order valence-electron chi connectivity index (χ1n) is 5.14. The molecule has 0 aliphatic carbocycles. The Kier molecular flexibility index (Phi) is 12.7. The van der Waals surface area contributed by atoms with Gasteiger partial charge >= 0.3 is 5.97 Å². The maximum absolute atomic E-state index is 10.7. The van der Waals surface area contributed by atoms with Gasteiger partial charge in [0, 0.05) is 25.1 Å². The van der Waals surface area contributed by atoms with Crippen LogP contribution in [0.25, 0.3) is 0 Å². The minimum atomic E-state index is -0.746. The van der Waals surface area contributed by atoms with Crippen LogP contribution in [-0.4, -0.2) is 11.1 Å². The summed E-state index contributed by atoms with van der Waals surface area (Å²) >= 11 is 0. The molecule has 0 rings (SSSR count). The van der Waals surface area contributed by atoms with E-state index in [0.29, 0.717) is 5.57 Å². The van der Waals surface area contributed by atoms with Gasteiger partial charge in [-0.15, -0.1) is 0 Å². The van der Waals surface area contributed by atoms with Crippen molar-refractivity contribution < 1.29 is 29.4 Å². The summed E-state index contributed by atoms with van der Waals surface area (Å²) in [5, 5.41) is 8.83. The summed E-state index contributed by atoms with van der Waals surface area (Å²) in [5.74, 6) is -0.746. The molecule has 0 saturated carbocycles. The molecule has 0 unspecified atom stereocenters. The van der Waals surface area contributed by atoms with Gasteiger partial charge in [0.15, 0.2) is 0 Å². The Morgan fingerprint density at radius 3 is 2.21 bits per heavy atom. The number of allylic oxidation sites excluding steroid dienone is 1. The van der Waals surface area contributed by atoms with E-state index in [2.05, 4.69) is 13.8 Å². The van der Waals surface area contributed by atoms with Crippen LogP contribution in [-0.2, 0) is 24.3 Å². The molecule has 0 amide bonds. The average Bonchev–Trinajstić information content (AvgIpc) is 2.10. The van der Waals surface area contributed by atoms with Crippen LogP contribution in [0.3, 0.4) is 0 Å². The Morgan fingerprint density at radius 1 is 1.21 bits per heavy atom. The summed E-state index contributed by atoms with van der Waals surface area (Å²) in [5.41, 5.74) is 0.593. The summed E-state index contributed by atoms with van der Waals surface area (Å²) in [7, 11) is 0. The number of carboxylic acids is 1. The Labute approximate surface area is 99.5 Å². The van der Waals surface area contributed by atoms with Crippen LogP contribution in [0.5, 0.6) is 0 Å². The molecule has 0 aromatic carbocycles. The fraction of sp³-hybridized carbons (Fsp3) is 0.727. The van der Waals surface area contributed by atoms with E-state index in [9.17, 15) is 4.79 Å². The van der Waals surface area contributed by atoms with Gasteiger partial charge in [-0.2, -0.15) is 0 Å². The molecule has 0 radical (unpaired) electrons. The van der Waals surface area contributed by atoms with E-state index in [1.165, 1.54) is 0 Å². The van der Waals surface area contributed by atoms with Crippen molar-refractivity contribution in [3.8, 4) is 0 Å². The van der Waals surface area contributed by atoms with E-state index in [1.54, 1.807) is 0 Å². The topological polar surface area (TPSA) is 37.3 Å². The summed E-state index contributed by atoms with van der Waals surface area (Å²) in [6.07, 6.45) is 7.74. The Morgan fingerprint density at radius 2 is 1.79 bits per heavy atom. The van der Waals surface area contributed by atoms with Crippen LogP contribution in [0.4, 0.5) is 0 Å². The van der Waals surface area contributed by atoms with E-state index in [4.69, 9.17) is 5.11 Å². The quantitative estimate of drug-likeness (QED) is 0.427. The maximum atomic E-state index is 10.7. The number of carbonyl (C=O) groups is 1. The van der Waals surface area contributed by atoms with Crippen molar-refractivity contribution in [3.05, 3.63) is 11.6 Å². The van der Waals surface area contributed by atoms with Gasteiger partial charge in [0.05, 0.1) is 0 Å². The first-order chi connectivity index (χ1) is 6.22. The molecule has 0 bridgehead atoms. The summed E-state index contributed by atoms with van der Waals surface area (Å²) in [6, 6.07) is 0. The zero-order chi connectivity index (χ0) is 10.1. The van der Waals surface area contributed by atoms with Crippen LogP contribution >= 0.6 is 0 Å². The largest absolute Gasteiger partial charge is 0.478 e. The van der Waals surface area contributed by atoms with E-state index < -0.39 is 5.97 Å². The molecular weight excluding hydrogens is 230 g/mol. The fourth-order valence-corrected chi connectivity index (χ4v) is 1.14. The zero-order valence-corrected chi connectivity index (χ0v) is 12.3. The number of hydrogen-bond acceptors (Lipinski definition) is 1. The molecule has 0 aromatic rings. The molecule has 0 atom stereocenters. The average molecular weight is 250 g/mol. The van der Waals surface area contributed by atoms with Gasteiger partial charge in [-0.05, 0) is 19.3 Å². The minimum Gasteiger partial charge on any atom is -0.478 e. The number of carboxylic acid groups (broad SMARTS) is 1. The Hall–Kier alpha value is -0.167. The van der Waals surface area contributed by atoms with Gasteiger partial charge in [0.1, 0.15) is 0 Å². The van der Waals surface area contributed by atoms with Gasteiger partial charge in [-0.25, -0.2) is 4.79 Å². The van der Waals surface area contributed by atoms with Gasteiger partial charge in [-0.1, -0.05) is 39.2 Å². The van der Waals surface area contributed by atoms with E-state index in [1.807, 2.05) is 6.08 Å². The van der Waals surface area contributed by atoms with Crippen molar-refractivity contribution in [3.63, 3.8) is 0 Å². The molecule has 0 aromatic heterocycles. The molecule has 1 N–H and O–H groups in total. The van der Waals surface area contributed by atoms with Crippen molar-refractivity contribution in [2.75, 3.05) is 0 Å². The third-order valence-electron chi connectivity index (χ3n) is 2.02.